The van der Waals surface area contributed by atoms with Gasteiger partial charge in [-0.3, -0.25) is 9.78 Å². The number of halogens is 1. The predicted molar refractivity (Wildman–Crippen MR) is 123 cm³/mol. The van der Waals surface area contributed by atoms with Crippen LogP contribution in [0.4, 0.5) is 10.1 Å². The molecule has 1 amide bonds. The summed E-state index contributed by atoms with van der Waals surface area (Å²) in [5.74, 6) is -0.691. The van der Waals surface area contributed by atoms with E-state index in [9.17, 15) is 19.4 Å². The maximum Gasteiger partial charge on any atom is 0.252 e. The second kappa shape index (κ2) is 8.66. The van der Waals surface area contributed by atoms with Crippen molar-refractivity contribution in [3.05, 3.63) is 59.7 Å². The van der Waals surface area contributed by atoms with E-state index in [1.807, 2.05) is 12.1 Å². The zero-order chi connectivity index (χ0) is 24.7. The number of carbonyl (C=O) groups is 1. The molecule has 1 fully saturated rings. The molecule has 0 radical (unpaired) electrons. The number of nitrogens with zero attached hydrogens (tertiary/aromatic N) is 5. The van der Waals surface area contributed by atoms with Crippen LogP contribution in [-0.2, 0) is 6.42 Å². The standard InChI is InChI=1S/C24H27FN6O3/c1-23(2,33)21(25)14-30(20-5-6-28-13-19(20)22(27)32)18-9-24(34,10-18)8-17-4-3-16-7-15(11-26)12-29-31(16)17/h3-7,12-13,18,21,33-34H,8-10,14H2,1-2H3,(H2,27,32)/t18?,21-,24?/m1/s1. The van der Waals surface area contributed by atoms with Crippen molar-refractivity contribution in [3.8, 4) is 6.07 Å². The molecule has 4 N–H and O–H groups in total. The molecule has 1 saturated carbocycles. The Kier molecular flexibility index (Phi) is 6.02. The molecule has 1 aliphatic carbocycles. The number of aromatic nitrogens is 3. The minimum atomic E-state index is -1.61. The number of fused-ring (bicyclic) bond motifs is 1. The molecule has 34 heavy (non-hydrogen) atoms. The van der Waals surface area contributed by atoms with Gasteiger partial charge in [-0.25, -0.2) is 8.91 Å². The lowest BCUT2D eigenvalue weighted by molar-refractivity contribution is -0.0526. The van der Waals surface area contributed by atoms with Crippen LogP contribution in [0.25, 0.3) is 5.52 Å². The SMILES string of the molecule is CC(C)(O)[C@H](F)CN(c1ccncc1C(N)=O)C1CC(O)(Cc2ccc3cc(C#N)cnn23)C1. The van der Waals surface area contributed by atoms with Gasteiger partial charge in [-0.15, -0.1) is 0 Å². The lowest BCUT2D eigenvalue weighted by Gasteiger charge is -2.50. The van der Waals surface area contributed by atoms with Gasteiger partial charge in [0.25, 0.3) is 5.91 Å². The monoisotopic (exact) mass is 466 g/mol. The molecule has 0 unspecified atom stereocenters. The summed E-state index contributed by atoms with van der Waals surface area (Å²) < 4.78 is 16.6. The van der Waals surface area contributed by atoms with Crippen molar-refractivity contribution < 1.29 is 19.4 Å². The Labute approximate surface area is 196 Å². The Hall–Kier alpha value is -3.55. The quantitative estimate of drug-likeness (QED) is 0.459. The number of pyridine rings is 1. The van der Waals surface area contributed by atoms with E-state index >= 15 is 0 Å². The minimum absolute atomic E-state index is 0.149. The van der Waals surface area contributed by atoms with Crippen molar-refractivity contribution in [2.24, 2.45) is 5.73 Å². The van der Waals surface area contributed by atoms with Gasteiger partial charge in [0.05, 0.1) is 46.3 Å². The summed E-state index contributed by atoms with van der Waals surface area (Å²) in [6.07, 6.45) is 3.63. The van der Waals surface area contributed by atoms with Crippen LogP contribution in [0.2, 0.25) is 0 Å². The molecule has 0 aliphatic heterocycles. The van der Waals surface area contributed by atoms with Gasteiger partial charge in [0.15, 0.2) is 0 Å². The van der Waals surface area contributed by atoms with E-state index in [1.165, 1.54) is 32.4 Å². The van der Waals surface area contributed by atoms with Crippen molar-refractivity contribution in [3.63, 3.8) is 0 Å². The smallest absolute Gasteiger partial charge is 0.252 e. The summed E-state index contributed by atoms with van der Waals surface area (Å²) in [6.45, 7) is 2.59. The molecule has 1 aliphatic rings. The van der Waals surface area contributed by atoms with Crippen LogP contribution in [-0.4, -0.2) is 60.7 Å². The fourth-order valence-corrected chi connectivity index (χ4v) is 4.44. The molecule has 0 spiro atoms. The Morgan fingerprint density at radius 3 is 2.79 bits per heavy atom. The first-order valence-corrected chi connectivity index (χ1v) is 11.0. The molecule has 3 heterocycles. The molecule has 178 valence electrons. The number of alkyl halides is 1. The van der Waals surface area contributed by atoms with Gasteiger partial charge in [0.1, 0.15) is 12.2 Å². The Morgan fingerprint density at radius 2 is 2.15 bits per heavy atom. The number of anilines is 1. The molecule has 10 heteroatoms. The topological polar surface area (TPSA) is 141 Å². The molecule has 0 saturated heterocycles. The van der Waals surface area contributed by atoms with E-state index in [2.05, 4.69) is 16.2 Å². The molecule has 1 atom stereocenters. The van der Waals surface area contributed by atoms with Gasteiger partial charge < -0.3 is 20.8 Å². The number of amides is 1. The Balaban J connectivity index is 1.57. The van der Waals surface area contributed by atoms with E-state index in [-0.39, 0.29) is 18.2 Å². The second-order valence-corrected chi connectivity index (χ2v) is 9.51. The lowest BCUT2D eigenvalue weighted by atomic mass is 9.72. The van der Waals surface area contributed by atoms with E-state index in [0.29, 0.717) is 30.5 Å². The van der Waals surface area contributed by atoms with Crippen LogP contribution < -0.4 is 10.6 Å². The molecule has 0 bridgehead atoms. The second-order valence-electron chi connectivity index (χ2n) is 9.51. The summed E-state index contributed by atoms with van der Waals surface area (Å²) >= 11 is 0. The van der Waals surface area contributed by atoms with Crippen molar-refractivity contribution in [1.29, 1.82) is 5.26 Å². The molecule has 3 aromatic heterocycles. The molecular formula is C24H27FN6O3. The molecule has 0 aromatic carbocycles. The largest absolute Gasteiger partial charge is 0.389 e. The average molecular weight is 467 g/mol. The molecule has 9 nitrogen and oxygen atoms in total. The summed E-state index contributed by atoms with van der Waals surface area (Å²) in [5, 5.41) is 34.7. The maximum absolute atomic E-state index is 14.9. The van der Waals surface area contributed by atoms with Gasteiger partial charge in [-0.2, -0.15) is 10.4 Å². The molecule has 4 rings (SSSR count). The number of aliphatic hydroxyl groups is 2. The van der Waals surface area contributed by atoms with Gasteiger partial charge in [-0.05, 0) is 51.0 Å². The first-order valence-electron chi connectivity index (χ1n) is 11.0. The third kappa shape index (κ3) is 4.58. The summed E-state index contributed by atoms with van der Waals surface area (Å²) in [7, 11) is 0. The van der Waals surface area contributed by atoms with Crippen LogP contribution in [0, 0.1) is 11.3 Å². The van der Waals surface area contributed by atoms with Crippen molar-refractivity contribution in [2.75, 3.05) is 11.4 Å². The third-order valence-corrected chi connectivity index (χ3v) is 6.39. The van der Waals surface area contributed by atoms with E-state index in [0.717, 1.165) is 11.2 Å². The maximum atomic E-state index is 14.9. The van der Waals surface area contributed by atoms with Crippen LogP contribution in [0.1, 0.15) is 48.3 Å². The summed E-state index contributed by atoms with van der Waals surface area (Å²) in [5.41, 5.74) is 5.42. The highest BCUT2D eigenvalue weighted by Gasteiger charge is 2.47. The summed E-state index contributed by atoms with van der Waals surface area (Å²) in [6, 6.07) is 8.77. The average Bonchev–Trinajstić information content (AvgIpc) is 3.16. The highest BCUT2D eigenvalue weighted by molar-refractivity contribution is 5.98. The first kappa shape index (κ1) is 23.6. The van der Waals surface area contributed by atoms with Crippen molar-refractivity contribution >= 4 is 17.1 Å². The molecule has 3 aromatic rings. The number of hydrogen-bond acceptors (Lipinski definition) is 7. The number of carbonyl (C=O) groups excluding carboxylic acids is 1. The predicted octanol–water partition coefficient (Wildman–Crippen LogP) is 1.75. The van der Waals surface area contributed by atoms with Crippen LogP contribution >= 0.6 is 0 Å². The van der Waals surface area contributed by atoms with Gasteiger partial charge in [0.2, 0.25) is 0 Å². The fourth-order valence-electron chi connectivity index (χ4n) is 4.44. The fraction of sp³-hybridized carbons (Fsp3) is 0.417. The van der Waals surface area contributed by atoms with Crippen LogP contribution in [0.5, 0.6) is 0 Å². The lowest BCUT2D eigenvalue weighted by Crippen LogP contribution is -2.59. The number of nitriles is 1. The number of rotatable bonds is 8. The summed E-state index contributed by atoms with van der Waals surface area (Å²) in [4.78, 5) is 17.6. The van der Waals surface area contributed by atoms with Crippen molar-refractivity contribution in [1.82, 2.24) is 14.6 Å². The Morgan fingerprint density at radius 1 is 1.41 bits per heavy atom. The number of hydrogen-bond donors (Lipinski definition) is 3. The Bertz CT molecular complexity index is 1260. The van der Waals surface area contributed by atoms with Crippen LogP contribution in [0.3, 0.4) is 0 Å². The number of primary amides is 1. The van der Waals surface area contributed by atoms with Gasteiger partial charge in [-0.1, -0.05) is 0 Å². The number of nitrogens with two attached hydrogens (primary N) is 1. The van der Waals surface area contributed by atoms with E-state index < -0.39 is 23.3 Å². The van der Waals surface area contributed by atoms with E-state index in [1.54, 1.807) is 21.5 Å². The van der Waals surface area contributed by atoms with E-state index in [4.69, 9.17) is 11.0 Å². The highest BCUT2D eigenvalue weighted by atomic mass is 19.1. The highest BCUT2D eigenvalue weighted by Crippen LogP contribution is 2.41. The van der Waals surface area contributed by atoms with Gasteiger partial charge >= 0.3 is 0 Å². The zero-order valence-corrected chi connectivity index (χ0v) is 19.0. The van der Waals surface area contributed by atoms with Crippen LogP contribution in [0.15, 0.2) is 42.9 Å². The zero-order valence-electron chi connectivity index (χ0n) is 19.0. The van der Waals surface area contributed by atoms with Crippen molar-refractivity contribution in [2.45, 2.75) is 56.5 Å². The minimum Gasteiger partial charge on any atom is -0.389 e. The normalized spacial score (nSPS) is 21.0. The first-order chi connectivity index (χ1) is 16.0. The third-order valence-electron chi connectivity index (χ3n) is 6.39. The van der Waals surface area contributed by atoms with Gasteiger partial charge in [0, 0.05) is 30.6 Å². The molecular weight excluding hydrogens is 439 g/mol.